The topological polar surface area (TPSA) is 120 Å². The van der Waals surface area contributed by atoms with E-state index in [1.807, 2.05) is 29.2 Å². The van der Waals surface area contributed by atoms with E-state index in [9.17, 15) is 13.2 Å². The predicted octanol–water partition coefficient (Wildman–Crippen LogP) is 0.524. The van der Waals surface area contributed by atoms with Gasteiger partial charge in [-0.1, -0.05) is 18.2 Å². The third kappa shape index (κ3) is 5.02. The molecule has 11 heteroatoms. The second kappa shape index (κ2) is 9.37. The number of aryl methyl sites for hydroxylation is 1. The van der Waals surface area contributed by atoms with Gasteiger partial charge in [0.1, 0.15) is 10.6 Å². The van der Waals surface area contributed by atoms with Crippen LogP contribution in [0.25, 0.3) is 0 Å². The van der Waals surface area contributed by atoms with Gasteiger partial charge in [0.2, 0.25) is 15.9 Å². The summed E-state index contributed by atoms with van der Waals surface area (Å²) >= 11 is 0. The van der Waals surface area contributed by atoms with E-state index in [1.165, 1.54) is 17.1 Å². The van der Waals surface area contributed by atoms with Gasteiger partial charge in [0.15, 0.2) is 0 Å². The number of para-hydroxylation sites is 1. The number of nitrogens with zero attached hydrogens (tertiary/aromatic N) is 3. The van der Waals surface area contributed by atoms with Crippen LogP contribution in [-0.2, 0) is 21.4 Å². The van der Waals surface area contributed by atoms with Crippen LogP contribution < -0.4 is 15.2 Å². The molecule has 2 heterocycles. The van der Waals surface area contributed by atoms with Gasteiger partial charge in [0.25, 0.3) is 0 Å². The summed E-state index contributed by atoms with van der Waals surface area (Å²) in [5.41, 5.74) is 0.955. The lowest BCUT2D eigenvalue weighted by atomic mass is 10.0. The molecule has 0 saturated carbocycles. The lowest BCUT2D eigenvalue weighted by Crippen LogP contribution is -2.49. The molecular weight excluding hydrogens is 406 g/mol. The van der Waals surface area contributed by atoms with Crippen molar-refractivity contribution in [2.24, 2.45) is 5.14 Å². The largest absolute Gasteiger partial charge is 0.496 e. The smallest absolute Gasteiger partial charge is 0.241 e. The van der Waals surface area contributed by atoms with E-state index in [0.717, 1.165) is 11.3 Å². The molecule has 1 aromatic heterocycles. The number of amides is 1. The Morgan fingerprint density at radius 3 is 2.82 bits per heavy atom. The number of aromatic nitrogens is 2. The van der Waals surface area contributed by atoms with Gasteiger partial charge in [-0.3, -0.25) is 9.48 Å². The summed E-state index contributed by atoms with van der Waals surface area (Å²) in [4.78, 5) is 14.6. The lowest BCUT2D eigenvalue weighted by Gasteiger charge is -2.37. The maximum atomic E-state index is 12.8. The number of carbonyl (C=O) groups is 1. The Morgan fingerprint density at radius 2 is 2.14 bits per heavy atom. The van der Waals surface area contributed by atoms with E-state index < -0.39 is 10.0 Å². The highest BCUT2D eigenvalue weighted by Crippen LogP contribution is 2.30. The number of carbonyl (C=O) groups excluding carboxylic acids is 1. The molecule has 3 rings (SSSR count). The Morgan fingerprint density at radius 1 is 1.39 bits per heavy atom. The molecule has 1 aliphatic heterocycles. The van der Waals surface area contributed by atoms with Gasteiger partial charge in [-0.25, -0.2) is 13.6 Å². The number of hydrogen-bond donors (Lipinski definition) is 2. The maximum absolute atomic E-state index is 12.8. The maximum Gasteiger partial charge on any atom is 0.241 e. The number of rotatable bonds is 6. The van der Waals surface area contributed by atoms with Crippen LogP contribution in [0.5, 0.6) is 5.75 Å². The van der Waals surface area contributed by atoms with Crippen LogP contribution in [0, 0.1) is 0 Å². The number of piperazine rings is 1. The molecule has 1 aliphatic rings. The molecule has 0 bridgehead atoms. The average Bonchev–Trinajstić information content (AvgIpc) is 3.15. The molecule has 1 unspecified atom stereocenters. The van der Waals surface area contributed by atoms with Crippen LogP contribution in [0.1, 0.15) is 18.0 Å². The first-order valence-corrected chi connectivity index (χ1v) is 10.1. The van der Waals surface area contributed by atoms with Crippen molar-refractivity contribution in [3.05, 3.63) is 42.2 Å². The van der Waals surface area contributed by atoms with E-state index >= 15 is 0 Å². The number of benzene rings is 1. The van der Waals surface area contributed by atoms with E-state index in [1.54, 1.807) is 7.11 Å². The van der Waals surface area contributed by atoms with Crippen molar-refractivity contribution in [1.82, 2.24) is 20.0 Å². The molecule has 0 radical (unpaired) electrons. The molecule has 1 amide bonds. The van der Waals surface area contributed by atoms with E-state index in [4.69, 9.17) is 9.88 Å². The highest BCUT2D eigenvalue weighted by Gasteiger charge is 2.29. The molecule has 9 nitrogen and oxygen atoms in total. The molecule has 3 N–H and O–H groups in total. The zero-order valence-corrected chi connectivity index (χ0v) is 17.1. The normalized spacial score (nSPS) is 17.1. The van der Waals surface area contributed by atoms with Crippen molar-refractivity contribution in [3.8, 4) is 5.75 Å². The van der Waals surface area contributed by atoms with Crippen molar-refractivity contribution in [2.75, 3.05) is 26.7 Å². The van der Waals surface area contributed by atoms with Crippen LogP contribution in [0.15, 0.2) is 41.6 Å². The van der Waals surface area contributed by atoms with Gasteiger partial charge in [-0.15, -0.1) is 12.4 Å². The summed E-state index contributed by atoms with van der Waals surface area (Å²) in [5, 5.41) is 12.4. The summed E-state index contributed by atoms with van der Waals surface area (Å²) in [6.07, 6.45) is 2.72. The average molecular weight is 430 g/mol. The minimum Gasteiger partial charge on any atom is -0.496 e. The number of hydrogen-bond acceptors (Lipinski definition) is 6. The molecule has 1 fully saturated rings. The van der Waals surface area contributed by atoms with Gasteiger partial charge < -0.3 is 15.0 Å². The monoisotopic (exact) mass is 429 g/mol. The zero-order valence-electron chi connectivity index (χ0n) is 15.4. The first kappa shape index (κ1) is 22.2. The fourth-order valence-electron chi connectivity index (χ4n) is 3.19. The van der Waals surface area contributed by atoms with Crippen LogP contribution >= 0.6 is 12.4 Å². The standard InChI is InChI=1S/C17H23N5O4S.ClH/c1-26-16-5-3-2-4-14(16)15-11-19-7-9-22(15)17(23)6-8-21-12-13(10-20-21)27(18,24)25;/h2-5,10,12,15,19H,6-9,11H2,1H3,(H2,18,24,25);1H. The Bertz CT molecular complexity index is 918. The fourth-order valence-corrected chi connectivity index (χ4v) is 3.65. The van der Waals surface area contributed by atoms with Gasteiger partial charge in [-0.05, 0) is 6.07 Å². The lowest BCUT2D eigenvalue weighted by molar-refractivity contribution is -0.134. The number of primary sulfonamides is 1. The Labute approximate surface area is 170 Å². The van der Waals surface area contributed by atoms with E-state index in [2.05, 4.69) is 10.4 Å². The van der Waals surface area contributed by atoms with Gasteiger partial charge in [0.05, 0.1) is 19.3 Å². The Balaban J connectivity index is 0.00000280. The highest BCUT2D eigenvalue weighted by molar-refractivity contribution is 7.89. The summed E-state index contributed by atoms with van der Waals surface area (Å²) < 4.78 is 29.5. The number of sulfonamides is 1. The van der Waals surface area contributed by atoms with Gasteiger partial charge >= 0.3 is 0 Å². The van der Waals surface area contributed by atoms with Crippen molar-refractivity contribution >= 4 is 28.3 Å². The Kier molecular flexibility index (Phi) is 7.41. The number of ether oxygens (including phenoxy) is 1. The van der Waals surface area contributed by atoms with Gasteiger partial charge in [0, 0.05) is 44.4 Å². The molecule has 0 spiro atoms. The SMILES string of the molecule is COc1ccccc1C1CNCCN1C(=O)CCn1cc(S(N)(=O)=O)cn1.Cl. The zero-order chi connectivity index (χ0) is 19.4. The molecule has 1 aromatic carbocycles. The van der Waals surface area contributed by atoms with E-state index in [-0.39, 0.29) is 42.2 Å². The third-order valence-corrected chi connectivity index (χ3v) is 5.42. The van der Waals surface area contributed by atoms with Crippen LogP contribution in [0.4, 0.5) is 0 Å². The van der Waals surface area contributed by atoms with Crippen molar-refractivity contribution in [1.29, 1.82) is 0 Å². The quantitative estimate of drug-likeness (QED) is 0.691. The minimum atomic E-state index is -3.79. The van der Waals surface area contributed by atoms with Crippen LogP contribution in [-0.4, -0.2) is 55.7 Å². The van der Waals surface area contributed by atoms with Crippen molar-refractivity contribution < 1.29 is 17.9 Å². The van der Waals surface area contributed by atoms with Crippen LogP contribution in [0.2, 0.25) is 0 Å². The fraction of sp³-hybridized carbons (Fsp3) is 0.412. The Hall–Kier alpha value is -2.14. The molecule has 1 saturated heterocycles. The summed E-state index contributed by atoms with van der Waals surface area (Å²) in [6, 6.07) is 7.53. The third-order valence-electron chi connectivity index (χ3n) is 4.55. The van der Waals surface area contributed by atoms with Gasteiger partial charge in [-0.2, -0.15) is 5.10 Å². The van der Waals surface area contributed by atoms with Crippen molar-refractivity contribution in [3.63, 3.8) is 0 Å². The second-order valence-electron chi connectivity index (χ2n) is 6.28. The molecule has 28 heavy (non-hydrogen) atoms. The van der Waals surface area contributed by atoms with E-state index in [0.29, 0.717) is 19.6 Å². The van der Waals surface area contributed by atoms with Crippen LogP contribution in [0.3, 0.4) is 0 Å². The highest BCUT2D eigenvalue weighted by atomic mass is 35.5. The summed E-state index contributed by atoms with van der Waals surface area (Å²) in [7, 11) is -2.18. The molecular formula is C17H24ClN5O4S. The second-order valence-corrected chi connectivity index (χ2v) is 7.84. The first-order chi connectivity index (χ1) is 12.9. The number of nitrogens with one attached hydrogen (secondary N) is 1. The molecule has 1 atom stereocenters. The number of halogens is 1. The summed E-state index contributed by atoms with van der Waals surface area (Å²) in [5.74, 6) is 0.717. The molecule has 0 aliphatic carbocycles. The number of nitrogens with two attached hydrogens (primary N) is 1. The predicted molar refractivity (Wildman–Crippen MR) is 106 cm³/mol. The molecule has 154 valence electrons. The van der Waals surface area contributed by atoms with Crippen molar-refractivity contribution in [2.45, 2.75) is 23.9 Å². The molecule has 2 aromatic rings. The summed E-state index contributed by atoms with van der Waals surface area (Å²) in [6.45, 7) is 2.22. The first-order valence-electron chi connectivity index (χ1n) is 8.58. The number of methoxy groups -OCH3 is 1. The minimum absolute atomic E-state index is 0.